The summed E-state index contributed by atoms with van der Waals surface area (Å²) in [4.78, 5) is 17.1. The van der Waals surface area contributed by atoms with Crippen LogP contribution in [0.1, 0.15) is 12.6 Å². The molecule has 0 aromatic carbocycles. The van der Waals surface area contributed by atoms with Gasteiger partial charge in [0.25, 0.3) is 0 Å². The van der Waals surface area contributed by atoms with Gasteiger partial charge in [0.15, 0.2) is 0 Å². The highest BCUT2D eigenvalue weighted by Gasteiger charge is 2.20. The summed E-state index contributed by atoms with van der Waals surface area (Å²) in [7, 11) is 0. The van der Waals surface area contributed by atoms with Crippen molar-refractivity contribution in [1.82, 2.24) is 9.97 Å². The molecule has 0 radical (unpaired) electrons. The van der Waals surface area contributed by atoms with Crippen LogP contribution in [0.25, 0.3) is 0 Å². The van der Waals surface area contributed by atoms with E-state index in [2.05, 4.69) is 9.97 Å². The predicted molar refractivity (Wildman–Crippen MR) is 47.5 cm³/mol. The van der Waals surface area contributed by atoms with Gasteiger partial charge in [0, 0.05) is 0 Å². The highest BCUT2D eigenvalue weighted by molar-refractivity contribution is 6.28. The van der Waals surface area contributed by atoms with E-state index in [1.54, 1.807) is 6.92 Å². The van der Waals surface area contributed by atoms with E-state index in [4.69, 9.17) is 17.3 Å². The first-order valence-corrected chi connectivity index (χ1v) is 3.90. The normalized spacial score (nSPS) is 10.0. The molecule has 0 saturated heterocycles. The van der Waals surface area contributed by atoms with Crippen molar-refractivity contribution in [2.75, 3.05) is 5.73 Å². The molecule has 0 aliphatic heterocycles. The Labute approximate surface area is 78.9 Å². The monoisotopic (exact) mass is 202 g/mol. The number of rotatable bonds is 2. The molecule has 1 aromatic rings. The highest BCUT2D eigenvalue weighted by atomic mass is 35.5. The molecular formula is C6H7ClN4O2. The van der Waals surface area contributed by atoms with Crippen LogP contribution in [0.4, 0.5) is 11.5 Å². The van der Waals surface area contributed by atoms with Crippen LogP contribution in [-0.2, 0) is 6.42 Å². The minimum absolute atomic E-state index is 0.0695. The van der Waals surface area contributed by atoms with Crippen molar-refractivity contribution in [1.29, 1.82) is 0 Å². The summed E-state index contributed by atoms with van der Waals surface area (Å²) in [6, 6.07) is 0. The summed E-state index contributed by atoms with van der Waals surface area (Å²) in [6.07, 6.45) is 0.392. The first-order chi connectivity index (χ1) is 6.06. The summed E-state index contributed by atoms with van der Waals surface area (Å²) in [6.45, 7) is 1.73. The number of aromatic nitrogens is 2. The Balaban J connectivity index is 3.38. The SMILES string of the molecule is CCc1nc(Cl)nc(N)c1[N+](=O)[O-]. The second-order valence-corrected chi connectivity index (χ2v) is 2.62. The summed E-state index contributed by atoms with van der Waals surface area (Å²) in [5.41, 5.74) is 5.32. The smallest absolute Gasteiger partial charge is 0.332 e. The molecule has 0 aliphatic rings. The molecule has 7 heteroatoms. The van der Waals surface area contributed by atoms with Crippen molar-refractivity contribution >= 4 is 23.1 Å². The third-order valence-electron chi connectivity index (χ3n) is 1.47. The Morgan fingerprint density at radius 2 is 2.23 bits per heavy atom. The summed E-state index contributed by atoms with van der Waals surface area (Å²) < 4.78 is 0. The number of anilines is 1. The van der Waals surface area contributed by atoms with Gasteiger partial charge in [0.1, 0.15) is 5.69 Å². The molecule has 0 spiro atoms. The van der Waals surface area contributed by atoms with Gasteiger partial charge in [-0.3, -0.25) is 10.1 Å². The zero-order chi connectivity index (χ0) is 10.0. The van der Waals surface area contributed by atoms with Gasteiger partial charge in [-0.05, 0) is 18.0 Å². The zero-order valence-electron chi connectivity index (χ0n) is 6.82. The van der Waals surface area contributed by atoms with E-state index in [0.717, 1.165) is 0 Å². The van der Waals surface area contributed by atoms with Gasteiger partial charge in [-0.25, -0.2) is 4.98 Å². The highest BCUT2D eigenvalue weighted by Crippen LogP contribution is 2.24. The van der Waals surface area contributed by atoms with Gasteiger partial charge in [0.2, 0.25) is 11.1 Å². The molecular weight excluding hydrogens is 196 g/mol. The number of hydrogen-bond donors (Lipinski definition) is 1. The second kappa shape index (κ2) is 3.53. The molecule has 0 unspecified atom stereocenters. The Hall–Kier alpha value is -1.43. The number of halogens is 1. The van der Waals surface area contributed by atoms with Gasteiger partial charge >= 0.3 is 5.69 Å². The molecule has 70 valence electrons. The number of aryl methyl sites for hydroxylation is 1. The molecule has 0 bridgehead atoms. The second-order valence-electron chi connectivity index (χ2n) is 2.28. The van der Waals surface area contributed by atoms with Gasteiger partial charge in [-0.2, -0.15) is 4.98 Å². The van der Waals surface area contributed by atoms with Crippen molar-refractivity contribution in [3.8, 4) is 0 Å². The quantitative estimate of drug-likeness (QED) is 0.441. The van der Waals surface area contributed by atoms with E-state index in [1.165, 1.54) is 0 Å². The lowest BCUT2D eigenvalue weighted by Crippen LogP contribution is -2.05. The van der Waals surface area contributed by atoms with Crippen LogP contribution in [0.2, 0.25) is 5.28 Å². The molecule has 2 N–H and O–H groups in total. The van der Waals surface area contributed by atoms with E-state index in [1.807, 2.05) is 0 Å². The fourth-order valence-electron chi connectivity index (χ4n) is 0.935. The Morgan fingerprint density at radius 3 is 2.69 bits per heavy atom. The maximum absolute atomic E-state index is 10.5. The Kier molecular flexibility index (Phi) is 2.62. The minimum atomic E-state index is -0.607. The third kappa shape index (κ3) is 1.83. The van der Waals surface area contributed by atoms with Crippen LogP contribution in [-0.4, -0.2) is 14.9 Å². The standard InChI is InChI=1S/C6H7ClN4O2/c1-2-3-4(11(12)13)5(8)10-6(7)9-3/h2H2,1H3,(H2,8,9,10). The summed E-state index contributed by atoms with van der Waals surface area (Å²) in [5, 5.41) is 10.4. The molecule has 1 heterocycles. The largest absolute Gasteiger partial charge is 0.378 e. The fraction of sp³-hybridized carbons (Fsp3) is 0.333. The van der Waals surface area contributed by atoms with Gasteiger partial charge in [-0.1, -0.05) is 6.92 Å². The van der Waals surface area contributed by atoms with Crippen LogP contribution in [0.5, 0.6) is 0 Å². The number of nitrogens with two attached hydrogens (primary N) is 1. The zero-order valence-corrected chi connectivity index (χ0v) is 7.58. The van der Waals surface area contributed by atoms with E-state index >= 15 is 0 Å². The molecule has 0 aliphatic carbocycles. The molecule has 0 atom stereocenters. The van der Waals surface area contributed by atoms with Crippen LogP contribution >= 0.6 is 11.6 Å². The molecule has 0 amide bonds. The average molecular weight is 203 g/mol. The summed E-state index contributed by atoms with van der Waals surface area (Å²) >= 11 is 5.48. The first-order valence-electron chi connectivity index (χ1n) is 3.52. The van der Waals surface area contributed by atoms with E-state index < -0.39 is 4.92 Å². The van der Waals surface area contributed by atoms with Crippen LogP contribution in [0, 0.1) is 10.1 Å². The molecule has 13 heavy (non-hydrogen) atoms. The lowest BCUT2D eigenvalue weighted by atomic mass is 10.3. The fourth-order valence-corrected chi connectivity index (χ4v) is 1.13. The average Bonchev–Trinajstić information content (AvgIpc) is 2.01. The molecule has 0 fully saturated rings. The topological polar surface area (TPSA) is 94.9 Å². The molecule has 1 rings (SSSR count). The van der Waals surface area contributed by atoms with Crippen LogP contribution in [0.3, 0.4) is 0 Å². The number of nitrogens with zero attached hydrogens (tertiary/aromatic N) is 3. The van der Waals surface area contributed by atoms with E-state index in [9.17, 15) is 10.1 Å². The van der Waals surface area contributed by atoms with Gasteiger partial charge in [0.05, 0.1) is 4.92 Å². The third-order valence-corrected chi connectivity index (χ3v) is 1.64. The van der Waals surface area contributed by atoms with Crippen molar-refractivity contribution in [3.63, 3.8) is 0 Å². The maximum Gasteiger partial charge on any atom is 0.332 e. The maximum atomic E-state index is 10.5. The number of hydrogen-bond acceptors (Lipinski definition) is 5. The number of nitro groups is 1. The van der Waals surface area contributed by atoms with Crippen molar-refractivity contribution < 1.29 is 4.92 Å². The minimum Gasteiger partial charge on any atom is -0.378 e. The lowest BCUT2D eigenvalue weighted by Gasteiger charge is -2.01. The molecule has 0 saturated carbocycles. The predicted octanol–water partition coefficient (Wildman–Crippen LogP) is 1.18. The first kappa shape index (κ1) is 9.66. The van der Waals surface area contributed by atoms with Crippen molar-refractivity contribution in [3.05, 3.63) is 21.1 Å². The Morgan fingerprint density at radius 1 is 1.62 bits per heavy atom. The van der Waals surface area contributed by atoms with Crippen LogP contribution in [0.15, 0.2) is 0 Å². The summed E-state index contributed by atoms with van der Waals surface area (Å²) in [5.74, 6) is -0.193. The Bertz CT molecular complexity index is 355. The van der Waals surface area contributed by atoms with Gasteiger partial charge in [-0.15, -0.1) is 0 Å². The van der Waals surface area contributed by atoms with E-state index in [-0.39, 0.29) is 22.5 Å². The van der Waals surface area contributed by atoms with Crippen LogP contribution < -0.4 is 5.73 Å². The lowest BCUT2D eigenvalue weighted by molar-refractivity contribution is -0.385. The number of nitrogen functional groups attached to an aromatic ring is 1. The molecule has 6 nitrogen and oxygen atoms in total. The van der Waals surface area contributed by atoms with Crippen molar-refractivity contribution in [2.24, 2.45) is 0 Å². The van der Waals surface area contributed by atoms with Crippen molar-refractivity contribution in [2.45, 2.75) is 13.3 Å². The molecule has 1 aromatic heterocycles. The van der Waals surface area contributed by atoms with Gasteiger partial charge < -0.3 is 5.73 Å². The van der Waals surface area contributed by atoms with E-state index in [0.29, 0.717) is 6.42 Å².